The van der Waals surface area contributed by atoms with Crippen LogP contribution in [0.3, 0.4) is 0 Å². The number of aromatic nitrogens is 1. The number of benzene rings is 2. The number of nitrogens with one attached hydrogen (secondary N) is 1. The van der Waals surface area contributed by atoms with Crippen LogP contribution in [0.15, 0.2) is 60.8 Å². The molecule has 0 radical (unpaired) electrons. The van der Waals surface area contributed by atoms with Crippen molar-refractivity contribution in [3.05, 3.63) is 100 Å². The average molecular weight is 463 g/mol. The van der Waals surface area contributed by atoms with E-state index in [1.165, 1.54) is 12.3 Å². The largest absolute Gasteiger partial charge is 0.480 e. The Morgan fingerprint density at radius 3 is 2.50 bits per heavy atom. The third-order valence-corrected chi connectivity index (χ3v) is 5.32. The van der Waals surface area contributed by atoms with Crippen molar-refractivity contribution >= 4 is 23.7 Å². The second-order valence-electron chi connectivity index (χ2n) is 8.04. The van der Waals surface area contributed by atoms with Crippen LogP contribution >= 0.6 is 0 Å². The number of carboxylic acid groups (broad SMARTS) is 1. The Kier molecular flexibility index (Phi) is 8.14. The molecule has 3 aromatic rings. The number of aliphatic carboxylic acids is 1. The van der Waals surface area contributed by atoms with Gasteiger partial charge in [0.15, 0.2) is 0 Å². The summed E-state index contributed by atoms with van der Waals surface area (Å²) in [6.07, 6.45) is 6.36. The lowest BCUT2D eigenvalue weighted by atomic mass is 9.99. The van der Waals surface area contributed by atoms with Gasteiger partial charge in [0.2, 0.25) is 5.78 Å². The number of ketones is 1. The Bertz CT molecular complexity index is 1230. The van der Waals surface area contributed by atoms with Gasteiger partial charge in [0.1, 0.15) is 12.4 Å². The van der Waals surface area contributed by atoms with E-state index in [9.17, 15) is 18.8 Å². The van der Waals surface area contributed by atoms with Crippen LogP contribution in [0, 0.1) is 12.7 Å². The lowest BCUT2D eigenvalue weighted by Crippen LogP contribution is -2.30. The van der Waals surface area contributed by atoms with Gasteiger partial charge in [-0.15, -0.1) is 0 Å². The minimum atomic E-state index is -1.11. The summed E-state index contributed by atoms with van der Waals surface area (Å²) in [7, 11) is 0. The normalized spacial score (nSPS) is 11.0. The molecule has 1 aromatic heterocycles. The average Bonchev–Trinajstić information content (AvgIpc) is 3.18. The van der Waals surface area contributed by atoms with E-state index in [1.54, 1.807) is 34.9 Å². The monoisotopic (exact) mass is 462 g/mol. The van der Waals surface area contributed by atoms with Crippen molar-refractivity contribution in [2.75, 3.05) is 6.54 Å². The molecule has 2 aromatic carbocycles. The summed E-state index contributed by atoms with van der Waals surface area (Å²) in [6.45, 7) is 3.73. The molecule has 0 saturated heterocycles. The van der Waals surface area contributed by atoms with E-state index in [1.807, 2.05) is 38.1 Å². The number of halogens is 1. The second-order valence-corrected chi connectivity index (χ2v) is 8.04. The summed E-state index contributed by atoms with van der Waals surface area (Å²) < 4.78 is 15.5. The maximum Gasteiger partial charge on any atom is 0.322 e. The summed E-state index contributed by atoms with van der Waals surface area (Å²) >= 11 is 0. The highest BCUT2D eigenvalue weighted by atomic mass is 19.1. The fourth-order valence-electron chi connectivity index (χ4n) is 3.62. The Morgan fingerprint density at radius 1 is 1.09 bits per heavy atom. The van der Waals surface area contributed by atoms with Gasteiger partial charge in [-0.05, 0) is 30.5 Å². The molecule has 34 heavy (non-hydrogen) atoms. The number of aryl methyl sites for hydroxylation is 2. The zero-order chi connectivity index (χ0) is 24.7. The lowest BCUT2D eigenvalue weighted by Gasteiger charge is -2.10. The summed E-state index contributed by atoms with van der Waals surface area (Å²) in [5.74, 6) is -2.32. The fourth-order valence-corrected chi connectivity index (χ4v) is 3.62. The SMILES string of the molecule is CCCc1ccc(/C=C/Cn2cc(F)cc2C(=O)c2ccc(C)cc2)cc1C(=O)NCC(=O)O. The van der Waals surface area contributed by atoms with Crippen molar-refractivity contribution in [3.8, 4) is 0 Å². The van der Waals surface area contributed by atoms with Crippen LogP contribution in [0.2, 0.25) is 0 Å². The lowest BCUT2D eigenvalue weighted by molar-refractivity contribution is -0.135. The highest BCUT2D eigenvalue weighted by Crippen LogP contribution is 2.17. The molecule has 1 heterocycles. The third kappa shape index (κ3) is 6.28. The van der Waals surface area contributed by atoms with Crippen molar-refractivity contribution in [3.63, 3.8) is 0 Å². The van der Waals surface area contributed by atoms with Gasteiger partial charge in [-0.25, -0.2) is 4.39 Å². The van der Waals surface area contributed by atoms with Crippen LogP contribution in [-0.4, -0.2) is 33.9 Å². The van der Waals surface area contributed by atoms with E-state index in [0.717, 1.165) is 23.1 Å². The van der Waals surface area contributed by atoms with Crippen LogP contribution < -0.4 is 5.32 Å². The molecule has 0 saturated carbocycles. The number of carboxylic acids is 1. The highest BCUT2D eigenvalue weighted by Gasteiger charge is 2.16. The van der Waals surface area contributed by atoms with E-state index in [0.29, 0.717) is 17.5 Å². The predicted octanol–water partition coefficient (Wildman–Crippen LogP) is 4.65. The van der Waals surface area contributed by atoms with E-state index in [-0.39, 0.29) is 18.0 Å². The van der Waals surface area contributed by atoms with Crippen molar-refractivity contribution in [2.24, 2.45) is 0 Å². The summed E-state index contributed by atoms with van der Waals surface area (Å²) in [6, 6.07) is 13.7. The molecular formula is C27H27FN2O4. The van der Waals surface area contributed by atoms with Gasteiger partial charge in [-0.1, -0.05) is 67.5 Å². The second kappa shape index (κ2) is 11.2. The smallest absolute Gasteiger partial charge is 0.322 e. The predicted molar refractivity (Wildman–Crippen MR) is 128 cm³/mol. The van der Waals surface area contributed by atoms with Crippen LogP contribution in [0.4, 0.5) is 4.39 Å². The van der Waals surface area contributed by atoms with E-state index >= 15 is 0 Å². The molecule has 0 atom stereocenters. The van der Waals surface area contributed by atoms with Gasteiger partial charge in [0, 0.05) is 29.9 Å². The van der Waals surface area contributed by atoms with Gasteiger partial charge < -0.3 is 15.0 Å². The van der Waals surface area contributed by atoms with Crippen molar-refractivity contribution < 1.29 is 23.9 Å². The van der Waals surface area contributed by atoms with Gasteiger partial charge in [-0.2, -0.15) is 0 Å². The fraction of sp³-hybridized carbons (Fsp3) is 0.222. The molecule has 7 heteroatoms. The number of carbonyl (C=O) groups is 3. The van der Waals surface area contributed by atoms with E-state index < -0.39 is 24.2 Å². The zero-order valence-electron chi connectivity index (χ0n) is 19.2. The number of allylic oxidation sites excluding steroid dienone is 1. The molecule has 0 bridgehead atoms. The highest BCUT2D eigenvalue weighted by molar-refractivity contribution is 6.08. The molecule has 0 aliphatic carbocycles. The van der Waals surface area contributed by atoms with E-state index in [4.69, 9.17) is 5.11 Å². The maximum absolute atomic E-state index is 14.0. The first-order valence-corrected chi connectivity index (χ1v) is 11.0. The molecular weight excluding hydrogens is 435 g/mol. The Labute approximate surface area is 197 Å². The summed E-state index contributed by atoms with van der Waals surface area (Å²) in [4.78, 5) is 36.1. The van der Waals surface area contributed by atoms with Gasteiger partial charge >= 0.3 is 5.97 Å². The molecule has 3 rings (SSSR count). The summed E-state index contributed by atoms with van der Waals surface area (Å²) in [5, 5.41) is 11.2. The molecule has 1 amide bonds. The minimum absolute atomic E-state index is 0.248. The number of rotatable bonds is 10. The Balaban J connectivity index is 1.79. The first-order valence-electron chi connectivity index (χ1n) is 11.0. The molecule has 0 spiro atoms. The number of amides is 1. The number of carbonyl (C=O) groups excluding carboxylic acids is 2. The van der Waals surface area contributed by atoms with Gasteiger partial charge in [0.25, 0.3) is 5.91 Å². The number of nitrogens with zero attached hydrogens (tertiary/aromatic N) is 1. The summed E-state index contributed by atoms with van der Waals surface area (Å²) in [5.41, 5.74) is 3.75. The molecule has 0 aliphatic heterocycles. The first-order chi connectivity index (χ1) is 16.3. The first kappa shape index (κ1) is 24.6. The number of hydrogen-bond donors (Lipinski definition) is 2. The third-order valence-electron chi connectivity index (χ3n) is 5.32. The van der Waals surface area contributed by atoms with Gasteiger partial charge in [-0.3, -0.25) is 14.4 Å². The molecule has 0 aliphatic rings. The van der Waals surface area contributed by atoms with E-state index in [2.05, 4.69) is 5.32 Å². The molecule has 2 N–H and O–H groups in total. The molecule has 0 unspecified atom stereocenters. The minimum Gasteiger partial charge on any atom is -0.480 e. The van der Waals surface area contributed by atoms with Crippen molar-refractivity contribution in [1.29, 1.82) is 0 Å². The molecule has 176 valence electrons. The molecule has 6 nitrogen and oxygen atoms in total. The van der Waals surface area contributed by atoms with Crippen LogP contribution in [0.25, 0.3) is 6.08 Å². The van der Waals surface area contributed by atoms with Crippen molar-refractivity contribution in [1.82, 2.24) is 9.88 Å². The Hall–Kier alpha value is -4.00. The zero-order valence-corrected chi connectivity index (χ0v) is 19.2. The standard InChI is InChI=1S/C27H27FN2O4/c1-3-5-20-12-9-19(14-23(20)27(34)29-16-25(31)32)6-4-13-30-17-22(28)15-24(30)26(33)21-10-7-18(2)8-11-21/h4,6-12,14-15,17H,3,5,13,16H2,1-2H3,(H,29,34)(H,31,32)/b6-4+. The topological polar surface area (TPSA) is 88.4 Å². The Morgan fingerprint density at radius 2 is 1.82 bits per heavy atom. The number of hydrogen-bond acceptors (Lipinski definition) is 3. The van der Waals surface area contributed by atoms with Crippen LogP contribution in [0.1, 0.15) is 56.4 Å². The van der Waals surface area contributed by atoms with Crippen LogP contribution in [0.5, 0.6) is 0 Å². The van der Waals surface area contributed by atoms with Crippen molar-refractivity contribution in [2.45, 2.75) is 33.2 Å². The maximum atomic E-state index is 14.0. The molecule has 0 fully saturated rings. The van der Waals surface area contributed by atoms with Crippen LogP contribution in [-0.2, 0) is 17.8 Å². The quantitative estimate of drug-likeness (QED) is 0.430. The van der Waals surface area contributed by atoms with Gasteiger partial charge in [0.05, 0.1) is 5.69 Å².